The van der Waals surface area contributed by atoms with E-state index in [-0.39, 0.29) is 17.2 Å². The molecule has 1 aromatic heterocycles. The molecule has 0 amide bonds. The summed E-state index contributed by atoms with van der Waals surface area (Å²) in [7, 11) is 1.62. The predicted molar refractivity (Wildman–Crippen MR) is 98.6 cm³/mol. The van der Waals surface area contributed by atoms with Gasteiger partial charge in [0.2, 0.25) is 4.80 Å². The maximum absolute atomic E-state index is 12.3. The first-order chi connectivity index (χ1) is 13.0. The Morgan fingerprint density at radius 2 is 1.89 bits per heavy atom. The molecule has 0 saturated heterocycles. The van der Waals surface area contributed by atoms with Crippen LogP contribution in [0.25, 0.3) is 11.3 Å². The van der Waals surface area contributed by atoms with Gasteiger partial charge in [0.05, 0.1) is 11.9 Å². The minimum atomic E-state index is -2.88. The number of para-hydroxylation sites is 1. The molecule has 0 aliphatic heterocycles. The summed E-state index contributed by atoms with van der Waals surface area (Å²) in [5.74, 6) is -0.462. The number of ether oxygens (including phenoxy) is 1. The predicted octanol–water partition coefficient (Wildman–Crippen LogP) is 3.64. The molecule has 0 spiro atoms. The molecular weight excluding hydrogens is 376 g/mol. The van der Waals surface area contributed by atoms with Gasteiger partial charge in [0.15, 0.2) is 11.5 Å². The van der Waals surface area contributed by atoms with Crippen LogP contribution in [0.4, 0.5) is 8.78 Å². The van der Waals surface area contributed by atoms with Gasteiger partial charge in [-0.05, 0) is 36.4 Å². The highest BCUT2D eigenvalue weighted by molar-refractivity contribution is 7.07. The summed E-state index contributed by atoms with van der Waals surface area (Å²) in [6, 6.07) is 10.7. The Balaban J connectivity index is 1.98. The molecule has 0 aliphatic carbocycles. The van der Waals surface area contributed by atoms with E-state index in [4.69, 9.17) is 0 Å². The van der Waals surface area contributed by atoms with Crippen molar-refractivity contribution in [2.45, 2.75) is 6.61 Å². The highest BCUT2D eigenvalue weighted by atomic mass is 32.1. The van der Waals surface area contributed by atoms with E-state index < -0.39 is 6.61 Å². The molecule has 0 saturated carbocycles. The van der Waals surface area contributed by atoms with E-state index in [0.717, 1.165) is 5.56 Å². The molecule has 3 rings (SSSR count). The maximum Gasteiger partial charge on any atom is 0.387 e. The number of benzene rings is 2. The van der Waals surface area contributed by atoms with Crippen molar-refractivity contribution in [2.24, 2.45) is 10.1 Å². The Hall–Kier alpha value is -3.20. The average Bonchev–Trinajstić information content (AvgIpc) is 3.06. The van der Waals surface area contributed by atoms with E-state index >= 15 is 0 Å². The molecule has 6 nitrogen and oxygen atoms in total. The van der Waals surface area contributed by atoms with Gasteiger partial charge in [0, 0.05) is 23.6 Å². The van der Waals surface area contributed by atoms with Crippen molar-refractivity contribution in [2.75, 3.05) is 7.05 Å². The normalized spacial score (nSPS) is 12.2. The van der Waals surface area contributed by atoms with Gasteiger partial charge in [-0.25, -0.2) is 4.68 Å². The highest BCUT2D eigenvalue weighted by Crippen LogP contribution is 2.27. The zero-order valence-corrected chi connectivity index (χ0v) is 14.9. The zero-order chi connectivity index (χ0) is 19.4. The molecule has 0 unspecified atom stereocenters. The van der Waals surface area contributed by atoms with Crippen molar-refractivity contribution < 1.29 is 23.7 Å². The first-order valence-corrected chi connectivity index (χ1v) is 8.61. The zero-order valence-electron chi connectivity index (χ0n) is 14.1. The van der Waals surface area contributed by atoms with Gasteiger partial charge in [-0.1, -0.05) is 6.07 Å². The van der Waals surface area contributed by atoms with Gasteiger partial charge in [-0.2, -0.15) is 13.9 Å². The van der Waals surface area contributed by atoms with Gasteiger partial charge < -0.3 is 14.9 Å². The SMILES string of the molecule is CN=c1scc(-c2ccc(OC(F)F)cc2)n1/N=C/c1cccc(O)c1O. The lowest BCUT2D eigenvalue weighted by molar-refractivity contribution is -0.0498. The number of aromatic nitrogens is 1. The summed E-state index contributed by atoms with van der Waals surface area (Å²) in [6.07, 6.45) is 1.40. The van der Waals surface area contributed by atoms with Crippen molar-refractivity contribution in [1.82, 2.24) is 4.68 Å². The number of aromatic hydroxyl groups is 2. The molecule has 0 bridgehead atoms. The molecule has 2 N–H and O–H groups in total. The first kappa shape index (κ1) is 18.6. The largest absolute Gasteiger partial charge is 0.504 e. The smallest absolute Gasteiger partial charge is 0.387 e. The van der Waals surface area contributed by atoms with Crippen LogP contribution >= 0.6 is 11.3 Å². The molecule has 0 radical (unpaired) electrons. The van der Waals surface area contributed by atoms with Crippen molar-refractivity contribution in [3.8, 4) is 28.5 Å². The fraction of sp³-hybridized carbons (Fsp3) is 0.111. The number of rotatable bonds is 5. The molecule has 0 fully saturated rings. The fourth-order valence-corrected chi connectivity index (χ4v) is 3.14. The van der Waals surface area contributed by atoms with Gasteiger partial charge in [-0.3, -0.25) is 4.99 Å². The number of phenols is 2. The third-order valence-corrected chi connectivity index (χ3v) is 4.52. The van der Waals surface area contributed by atoms with Crippen LogP contribution in [0.2, 0.25) is 0 Å². The summed E-state index contributed by atoms with van der Waals surface area (Å²) in [5, 5.41) is 25.6. The van der Waals surface area contributed by atoms with Gasteiger partial charge in [0.1, 0.15) is 5.75 Å². The lowest BCUT2D eigenvalue weighted by Crippen LogP contribution is -2.11. The lowest BCUT2D eigenvalue weighted by atomic mass is 10.2. The third kappa shape index (κ3) is 4.14. The first-order valence-electron chi connectivity index (χ1n) is 7.73. The summed E-state index contributed by atoms with van der Waals surface area (Å²) in [6.45, 7) is -2.88. The second kappa shape index (κ2) is 8.00. The second-order valence-corrected chi connectivity index (χ2v) is 6.14. The van der Waals surface area contributed by atoms with Crippen LogP contribution in [0, 0.1) is 0 Å². The van der Waals surface area contributed by atoms with Gasteiger partial charge in [0.25, 0.3) is 0 Å². The summed E-state index contributed by atoms with van der Waals surface area (Å²) < 4.78 is 30.5. The van der Waals surface area contributed by atoms with Crippen molar-refractivity contribution in [3.63, 3.8) is 0 Å². The van der Waals surface area contributed by atoms with E-state index in [9.17, 15) is 19.0 Å². The molecule has 1 heterocycles. The number of nitrogens with zero attached hydrogens (tertiary/aromatic N) is 3. The van der Waals surface area contributed by atoms with E-state index in [0.29, 0.717) is 16.1 Å². The van der Waals surface area contributed by atoms with E-state index in [1.165, 1.54) is 35.8 Å². The standard InChI is InChI=1S/C18H15F2N3O3S/c1-21-18-23(22-9-12-3-2-4-15(24)16(12)25)14(10-27-18)11-5-7-13(8-6-11)26-17(19)20/h2-10,17,24-25H,1H3/b21-18?,22-9+. The van der Waals surface area contributed by atoms with E-state index in [1.54, 1.807) is 36.0 Å². The molecule has 27 heavy (non-hydrogen) atoms. The third-order valence-electron chi connectivity index (χ3n) is 3.61. The lowest BCUT2D eigenvalue weighted by Gasteiger charge is -2.07. The van der Waals surface area contributed by atoms with Crippen LogP contribution in [-0.2, 0) is 0 Å². The van der Waals surface area contributed by atoms with Gasteiger partial charge in [-0.15, -0.1) is 11.3 Å². The number of hydrogen-bond acceptors (Lipinski definition) is 6. The van der Waals surface area contributed by atoms with Crippen molar-refractivity contribution in [3.05, 3.63) is 58.2 Å². The van der Waals surface area contributed by atoms with Gasteiger partial charge >= 0.3 is 6.61 Å². The Morgan fingerprint density at radius 1 is 1.15 bits per heavy atom. The number of halogens is 2. The maximum atomic E-state index is 12.3. The highest BCUT2D eigenvalue weighted by Gasteiger charge is 2.10. The van der Waals surface area contributed by atoms with Crippen molar-refractivity contribution >= 4 is 17.6 Å². The number of hydrogen-bond donors (Lipinski definition) is 2. The molecule has 2 aromatic carbocycles. The monoisotopic (exact) mass is 391 g/mol. The quantitative estimate of drug-likeness (QED) is 0.515. The van der Waals surface area contributed by atoms with E-state index in [1.807, 2.05) is 5.38 Å². The van der Waals surface area contributed by atoms with Crippen LogP contribution in [0.3, 0.4) is 0 Å². The summed E-state index contributed by atoms with van der Waals surface area (Å²) in [5.41, 5.74) is 1.74. The van der Waals surface area contributed by atoms with Crippen LogP contribution in [0.15, 0.2) is 57.9 Å². The Bertz CT molecular complexity index is 1030. The molecular formula is C18H15F2N3O3S. The molecule has 3 aromatic rings. The minimum absolute atomic E-state index is 0.0594. The molecule has 0 atom stereocenters. The topological polar surface area (TPSA) is 79.3 Å². The molecule has 9 heteroatoms. The number of thiazole rings is 1. The number of phenolic OH excluding ortho intramolecular Hbond substituents is 2. The van der Waals surface area contributed by atoms with Crippen LogP contribution in [0.5, 0.6) is 17.2 Å². The molecule has 0 aliphatic rings. The minimum Gasteiger partial charge on any atom is -0.504 e. The van der Waals surface area contributed by atoms with E-state index in [2.05, 4.69) is 14.8 Å². The van der Waals surface area contributed by atoms with Crippen LogP contribution in [0.1, 0.15) is 5.56 Å². The second-order valence-electron chi connectivity index (χ2n) is 5.30. The Morgan fingerprint density at radius 3 is 2.56 bits per heavy atom. The fourth-order valence-electron chi connectivity index (χ4n) is 2.34. The van der Waals surface area contributed by atoms with Crippen LogP contribution < -0.4 is 9.54 Å². The molecule has 140 valence electrons. The van der Waals surface area contributed by atoms with Crippen LogP contribution in [-0.4, -0.2) is 34.8 Å². The Labute approximate surface area is 157 Å². The Kier molecular flexibility index (Phi) is 5.51. The average molecular weight is 391 g/mol. The summed E-state index contributed by atoms with van der Waals surface area (Å²) in [4.78, 5) is 4.75. The number of alkyl halides is 2. The summed E-state index contributed by atoms with van der Waals surface area (Å²) >= 11 is 1.35. The van der Waals surface area contributed by atoms with Crippen molar-refractivity contribution in [1.29, 1.82) is 0 Å².